The molecule has 0 aliphatic carbocycles. The molecule has 0 radical (unpaired) electrons. The van der Waals surface area contributed by atoms with Gasteiger partial charge in [-0.1, -0.05) is 72.8 Å². The summed E-state index contributed by atoms with van der Waals surface area (Å²) in [5, 5.41) is 38.7. The Morgan fingerprint density at radius 2 is 1.61 bits per heavy atom. The van der Waals surface area contributed by atoms with E-state index in [4.69, 9.17) is 24.2 Å². The van der Waals surface area contributed by atoms with Crippen LogP contribution in [0.15, 0.2) is 84.9 Å². The van der Waals surface area contributed by atoms with Gasteiger partial charge in [-0.05, 0) is 42.7 Å². The van der Waals surface area contributed by atoms with Crippen molar-refractivity contribution in [2.75, 3.05) is 42.5 Å². The highest BCUT2D eigenvalue weighted by molar-refractivity contribution is 5.78. The van der Waals surface area contributed by atoms with E-state index in [2.05, 4.69) is 34.9 Å². The maximum atomic E-state index is 11.3. The third kappa shape index (κ3) is 4.97. The smallest absolute Gasteiger partial charge is 0.244 e. The van der Waals surface area contributed by atoms with E-state index >= 15 is 0 Å². The molecule has 5 N–H and O–H groups in total. The molecule has 4 atom stereocenters. The zero-order valence-corrected chi connectivity index (χ0v) is 24.8. The van der Waals surface area contributed by atoms with E-state index in [0.717, 1.165) is 22.4 Å². The maximum Gasteiger partial charge on any atom is 0.244 e. The van der Waals surface area contributed by atoms with Crippen LogP contribution in [0.2, 0.25) is 0 Å². The molecule has 1 aromatic heterocycles. The van der Waals surface area contributed by atoms with Gasteiger partial charge in [0.05, 0.1) is 27.0 Å². The Kier molecular flexibility index (Phi) is 8.04. The number of ether oxygens (including phenoxy) is 3. The summed E-state index contributed by atoms with van der Waals surface area (Å²) in [6.45, 7) is 3.48. The highest BCUT2D eigenvalue weighted by Gasteiger charge is 2.56. The maximum absolute atomic E-state index is 11.3. The Labute approximate surface area is 256 Å². The third-order valence-electron chi connectivity index (χ3n) is 8.29. The average molecular weight is 600 g/mol. The molecule has 230 valence electrons. The second-order valence-electron chi connectivity index (χ2n) is 11.0. The Bertz CT molecular complexity index is 1530. The van der Waals surface area contributed by atoms with E-state index in [9.17, 15) is 15.3 Å². The van der Waals surface area contributed by atoms with E-state index in [1.54, 1.807) is 12.0 Å². The summed E-state index contributed by atoms with van der Waals surface area (Å²) in [4.78, 5) is 11.5. The molecular formula is C33H37N5O6. The largest absolute Gasteiger partial charge is 0.497 e. The van der Waals surface area contributed by atoms with Crippen LogP contribution in [-0.4, -0.2) is 76.3 Å². The Balaban J connectivity index is 1.52. The highest BCUT2D eigenvalue weighted by Crippen LogP contribution is 2.45. The number of benzene rings is 3. The van der Waals surface area contributed by atoms with Gasteiger partial charge in [-0.3, -0.25) is 0 Å². The predicted molar refractivity (Wildman–Crippen MR) is 166 cm³/mol. The number of rotatable bonds is 10. The molecular weight excluding hydrogens is 562 g/mol. The summed E-state index contributed by atoms with van der Waals surface area (Å²) in [5.74, 6) is 1.74. The zero-order chi connectivity index (χ0) is 30.9. The van der Waals surface area contributed by atoms with E-state index in [-0.39, 0.29) is 12.6 Å². The summed E-state index contributed by atoms with van der Waals surface area (Å²) < 4.78 is 17.4. The number of aliphatic hydroxyl groups excluding tert-OH is 2. The Hall–Kier alpha value is -4.42. The number of anilines is 3. The fraction of sp³-hybridized carbons (Fsp3) is 0.333. The van der Waals surface area contributed by atoms with Crippen molar-refractivity contribution < 1.29 is 29.5 Å². The molecule has 0 spiro atoms. The van der Waals surface area contributed by atoms with E-state index in [0.29, 0.717) is 24.0 Å². The summed E-state index contributed by atoms with van der Waals surface area (Å²) in [5.41, 5.74) is 0.712. The number of methoxy groups -OCH3 is 1. The number of aliphatic hydroxyl groups is 3. The van der Waals surface area contributed by atoms with Gasteiger partial charge in [0.25, 0.3) is 0 Å². The molecule has 44 heavy (non-hydrogen) atoms. The molecule has 6 rings (SSSR count). The van der Waals surface area contributed by atoms with Crippen molar-refractivity contribution in [2.45, 2.75) is 43.4 Å². The molecule has 0 bridgehead atoms. The van der Waals surface area contributed by atoms with Gasteiger partial charge >= 0.3 is 0 Å². The van der Waals surface area contributed by atoms with Crippen LogP contribution in [-0.2, 0) is 10.3 Å². The van der Waals surface area contributed by atoms with Crippen molar-refractivity contribution in [1.82, 2.24) is 9.97 Å². The Morgan fingerprint density at radius 3 is 2.16 bits per heavy atom. The minimum Gasteiger partial charge on any atom is -0.497 e. The van der Waals surface area contributed by atoms with Crippen molar-refractivity contribution in [2.24, 2.45) is 0 Å². The van der Waals surface area contributed by atoms with Gasteiger partial charge < -0.3 is 45.1 Å². The molecule has 2 aliphatic heterocycles. The topological polar surface area (TPSA) is 141 Å². The molecule has 3 aromatic carbocycles. The minimum absolute atomic E-state index is 0.209. The van der Waals surface area contributed by atoms with Gasteiger partial charge in [-0.25, -0.2) is 0 Å². The van der Waals surface area contributed by atoms with Crippen LogP contribution in [0.5, 0.6) is 11.6 Å². The summed E-state index contributed by atoms with van der Waals surface area (Å²) >= 11 is 0. The number of nitrogens with one attached hydrogen (secondary N) is 2. The monoisotopic (exact) mass is 599 g/mol. The van der Waals surface area contributed by atoms with Crippen LogP contribution >= 0.6 is 0 Å². The summed E-state index contributed by atoms with van der Waals surface area (Å²) in [6.07, 6.45) is -3.26. The number of aromatic nitrogens is 2. The predicted octanol–water partition coefficient (Wildman–Crippen LogP) is 3.31. The van der Waals surface area contributed by atoms with Gasteiger partial charge in [0.1, 0.15) is 34.8 Å². The molecule has 11 nitrogen and oxygen atoms in total. The van der Waals surface area contributed by atoms with Crippen LogP contribution in [0.3, 0.4) is 0 Å². The number of nitrogens with zero attached hydrogens (tertiary/aromatic N) is 3. The van der Waals surface area contributed by atoms with E-state index in [1.165, 1.54) is 6.92 Å². The first-order valence-electron chi connectivity index (χ1n) is 14.6. The van der Waals surface area contributed by atoms with Crippen LogP contribution in [0.1, 0.15) is 30.5 Å². The normalized spacial score (nSPS) is 22.8. The van der Waals surface area contributed by atoms with Crippen LogP contribution in [0.25, 0.3) is 0 Å². The molecule has 0 unspecified atom stereocenters. The van der Waals surface area contributed by atoms with Gasteiger partial charge in [-0.2, -0.15) is 9.97 Å². The number of hydrogen-bond acceptors (Lipinski definition) is 11. The van der Waals surface area contributed by atoms with Gasteiger partial charge in [0, 0.05) is 0 Å². The van der Waals surface area contributed by atoms with Gasteiger partial charge in [-0.15, -0.1) is 0 Å². The first-order valence-corrected chi connectivity index (χ1v) is 14.6. The molecule has 0 amide bonds. The fourth-order valence-corrected chi connectivity index (χ4v) is 6.06. The van der Waals surface area contributed by atoms with Gasteiger partial charge in [0.15, 0.2) is 12.0 Å². The van der Waals surface area contributed by atoms with E-state index < -0.39 is 36.2 Å². The van der Waals surface area contributed by atoms with Crippen molar-refractivity contribution in [3.8, 4) is 11.6 Å². The van der Waals surface area contributed by atoms with Crippen molar-refractivity contribution in [3.63, 3.8) is 0 Å². The second-order valence-corrected chi connectivity index (χ2v) is 11.0. The average Bonchev–Trinajstić information content (AvgIpc) is 3.58. The lowest BCUT2D eigenvalue weighted by Gasteiger charge is -2.37. The first-order chi connectivity index (χ1) is 21.3. The van der Waals surface area contributed by atoms with Crippen molar-refractivity contribution in [1.29, 1.82) is 0 Å². The first kappa shape index (κ1) is 29.6. The molecule has 11 heteroatoms. The standard InChI is InChI=1S/C33H37N5O6/c1-4-43-29-26-28(38(20-34-26)30-32(2,41)27(40)25(19-39)44-30)35-31(36-29)37-33(21-11-7-5-8-12-21,22-13-9-6-10-14-22)23-15-17-24(42-3)18-16-23/h5-18,25,27,30,34,39-41H,4,19-20H2,1-3H3,(H,35,36,37)/t25-,27-,30-,32-/m1/s1. The lowest BCUT2D eigenvalue weighted by molar-refractivity contribution is -0.0629. The summed E-state index contributed by atoms with van der Waals surface area (Å²) in [6, 6.07) is 27.9. The van der Waals surface area contributed by atoms with Gasteiger partial charge in [0.2, 0.25) is 11.8 Å². The molecule has 3 heterocycles. The SMILES string of the molecule is CCOc1nc(NC(c2ccccc2)(c2ccccc2)c2ccc(OC)cc2)nc2c1NCN2[C@@H]1O[C@H](CO)[C@@H](O)[C@@]1(C)O. The molecule has 1 fully saturated rings. The Morgan fingerprint density at radius 1 is 1.00 bits per heavy atom. The number of hydrogen-bond donors (Lipinski definition) is 5. The van der Waals surface area contributed by atoms with E-state index in [1.807, 2.05) is 67.6 Å². The quantitative estimate of drug-likeness (QED) is 0.172. The van der Waals surface area contributed by atoms with Crippen LogP contribution < -0.4 is 25.0 Å². The third-order valence-corrected chi connectivity index (χ3v) is 8.29. The second kappa shape index (κ2) is 11.9. The van der Waals surface area contributed by atoms with Crippen LogP contribution in [0.4, 0.5) is 17.5 Å². The zero-order valence-electron chi connectivity index (χ0n) is 24.8. The fourth-order valence-electron chi connectivity index (χ4n) is 6.06. The number of fused-ring (bicyclic) bond motifs is 1. The minimum atomic E-state index is -1.69. The highest BCUT2D eigenvalue weighted by atomic mass is 16.6. The molecule has 1 saturated heterocycles. The molecule has 4 aromatic rings. The lowest BCUT2D eigenvalue weighted by atomic mass is 9.77. The van der Waals surface area contributed by atoms with Crippen molar-refractivity contribution in [3.05, 3.63) is 102 Å². The molecule has 0 saturated carbocycles. The molecule has 2 aliphatic rings. The lowest BCUT2D eigenvalue weighted by Crippen LogP contribution is -2.53. The van der Waals surface area contributed by atoms with Crippen molar-refractivity contribution >= 4 is 17.5 Å². The van der Waals surface area contributed by atoms with Crippen LogP contribution in [0, 0.1) is 0 Å². The summed E-state index contributed by atoms with van der Waals surface area (Å²) in [7, 11) is 1.63.